The molecule has 0 saturated carbocycles. The van der Waals surface area contributed by atoms with Crippen LogP contribution in [0.4, 0.5) is 0 Å². The lowest BCUT2D eigenvalue weighted by atomic mass is 10.1. The van der Waals surface area contributed by atoms with Crippen molar-refractivity contribution in [2.24, 2.45) is 5.92 Å². The molecule has 98 valence electrons. The van der Waals surface area contributed by atoms with Crippen molar-refractivity contribution in [1.82, 2.24) is 10.6 Å². The number of rotatable bonds is 5. The molecule has 0 radical (unpaired) electrons. The van der Waals surface area contributed by atoms with Crippen LogP contribution in [-0.4, -0.2) is 32.7 Å². The minimum absolute atomic E-state index is 0.0439. The van der Waals surface area contributed by atoms with Gasteiger partial charge in [0.05, 0.1) is 6.61 Å². The average molecular weight is 248 g/mol. The Labute approximate surface area is 108 Å². The highest BCUT2D eigenvalue weighted by Gasteiger charge is 2.14. The van der Waals surface area contributed by atoms with Gasteiger partial charge in [-0.2, -0.15) is 0 Å². The van der Waals surface area contributed by atoms with Crippen LogP contribution >= 0.6 is 0 Å². The maximum absolute atomic E-state index is 11.4. The molecule has 1 unspecified atom stereocenters. The summed E-state index contributed by atoms with van der Waals surface area (Å²) in [6.07, 6.45) is 1.16. The Morgan fingerprint density at radius 2 is 2.17 bits per heavy atom. The zero-order chi connectivity index (χ0) is 12.8. The Kier molecular flexibility index (Phi) is 4.73. The molecule has 4 nitrogen and oxygen atoms in total. The second kappa shape index (κ2) is 6.52. The van der Waals surface area contributed by atoms with Crippen LogP contribution < -0.4 is 10.6 Å². The van der Waals surface area contributed by atoms with Crippen molar-refractivity contribution in [3.05, 3.63) is 35.4 Å². The summed E-state index contributed by atoms with van der Waals surface area (Å²) < 4.78 is 5.33. The van der Waals surface area contributed by atoms with Crippen LogP contribution in [0.15, 0.2) is 24.3 Å². The molecule has 0 aliphatic carbocycles. The number of nitrogens with one attached hydrogen (secondary N) is 2. The molecule has 1 fully saturated rings. The predicted octanol–water partition coefficient (Wildman–Crippen LogP) is 1.17. The van der Waals surface area contributed by atoms with Crippen molar-refractivity contribution in [3.8, 4) is 0 Å². The Morgan fingerprint density at radius 3 is 2.78 bits per heavy atom. The maximum Gasteiger partial charge on any atom is 0.251 e. The maximum atomic E-state index is 11.4. The second-order valence-corrected chi connectivity index (χ2v) is 4.64. The molecule has 2 rings (SSSR count). The van der Waals surface area contributed by atoms with E-state index in [1.165, 1.54) is 5.56 Å². The van der Waals surface area contributed by atoms with Gasteiger partial charge < -0.3 is 15.4 Å². The molecule has 1 amide bonds. The lowest BCUT2D eigenvalue weighted by Crippen LogP contribution is -2.22. The van der Waals surface area contributed by atoms with Gasteiger partial charge in [-0.3, -0.25) is 4.79 Å². The smallest absolute Gasteiger partial charge is 0.251 e. The predicted molar refractivity (Wildman–Crippen MR) is 70.5 cm³/mol. The van der Waals surface area contributed by atoms with Gasteiger partial charge in [0.15, 0.2) is 0 Å². The highest BCUT2D eigenvalue weighted by Crippen LogP contribution is 2.11. The number of ether oxygens (including phenoxy) is 1. The number of hydrogen-bond acceptors (Lipinski definition) is 3. The van der Waals surface area contributed by atoms with Gasteiger partial charge in [0.1, 0.15) is 0 Å². The zero-order valence-electron chi connectivity index (χ0n) is 10.7. The molecule has 1 heterocycles. The standard InChI is InChI=1S/C14H20N2O2/c1-15-14(17)13-4-2-11(3-5-13)8-16-9-12-6-7-18-10-12/h2-5,12,16H,6-10H2,1H3,(H,15,17). The molecule has 4 heteroatoms. The second-order valence-electron chi connectivity index (χ2n) is 4.64. The van der Waals surface area contributed by atoms with Gasteiger partial charge in [-0.15, -0.1) is 0 Å². The van der Waals surface area contributed by atoms with Crippen LogP contribution in [0.1, 0.15) is 22.3 Å². The summed E-state index contributed by atoms with van der Waals surface area (Å²) in [6.45, 7) is 3.61. The first-order valence-electron chi connectivity index (χ1n) is 6.39. The fraction of sp³-hybridized carbons (Fsp3) is 0.500. The summed E-state index contributed by atoms with van der Waals surface area (Å²) in [7, 11) is 1.64. The van der Waals surface area contributed by atoms with E-state index < -0.39 is 0 Å². The highest BCUT2D eigenvalue weighted by atomic mass is 16.5. The van der Waals surface area contributed by atoms with Crippen molar-refractivity contribution in [2.45, 2.75) is 13.0 Å². The van der Waals surface area contributed by atoms with Gasteiger partial charge in [0.2, 0.25) is 0 Å². The molecule has 1 aromatic carbocycles. The molecule has 0 spiro atoms. The number of carbonyl (C=O) groups is 1. The van der Waals surface area contributed by atoms with Crippen LogP contribution in [-0.2, 0) is 11.3 Å². The molecule has 0 bridgehead atoms. The highest BCUT2D eigenvalue weighted by molar-refractivity contribution is 5.93. The van der Waals surface area contributed by atoms with Crippen molar-refractivity contribution in [2.75, 3.05) is 26.8 Å². The van der Waals surface area contributed by atoms with Crippen molar-refractivity contribution in [1.29, 1.82) is 0 Å². The van der Waals surface area contributed by atoms with Gasteiger partial charge in [-0.25, -0.2) is 0 Å². The van der Waals surface area contributed by atoms with Crippen molar-refractivity contribution >= 4 is 5.91 Å². The number of carbonyl (C=O) groups excluding carboxylic acids is 1. The third kappa shape index (κ3) is 3.55. The first kappa shape index (κ1) is 13.1. The van der Waals surface area contributed by atoms with Crippen molar-refractivity contribution in [3.63, 3.8) is 0 Å². The van der Waals surface area contributed by atoms with E-state index in [0.717, 1.165) is 32.7 Å². The van der Waals surface area contributed by atoms with Gasteiger partial charge in [0.25, 0.3) is 5.91 Å². The molecule has 1 aliphatic rings. The van der Waals surface area contributed by atoms with E-state index in [-0.39, 0.29) is 5.91 Å². The summed E-state index contributed by atoms with van der Waals surface area (Å²) in [5.41, 5.74) is 1.90. The summed E-state index contributed by atoms with van der Waals surface area (Å²) in [5.74, 6) is 0.604. The van der Waals surface area contributed by atoms with Gasteiger partial charge in [0, 0.05) is 32.3 Å². The molecular formula is C14H20N2O2. The normalized spacial score (nSPS) is 18.8. The third-order valence-corrected chi connectivity index (χ3v) is 3.23. The van der Waals surface area contributed by atoms with E-state index in [2.05, 4.69) is 10.6 Å². The molecular weight excluding hydrogens is 228 g/mol. The van der Waals surface area contributed by atoms with Gasteiger partial charge in [-0.05, 0) is 30.0 Å². The van der Waals surface area contributed by atoms with Crippen LogP contribution in [0.25, 0.3) is 0 Å². The Bertz CT molecular complexity index is 383. The Morgan fingerprint density at radius 1 is 1.39 bits per heavy atom. The summed E-state index contributed by atoms with van der Waals surface area (Å²) in [5, 5.41) is 6.04. The van der Waals surface area contributed by atoms with Crippen molar-refractivity contribution < 1.29 is 9.53 Å². The van der Waals surface area contributed by atoms with E-state index in [9.17, 15) is 4.79 Å². The van der Waals surface area contributed by atoms with E-state index in [1.807, 2.05) is 24.3 Å². The molecule has 2 N–H and O–H groups in total. The molecule has 0 aromatic heterocycles. The quantitative estimate of drug-likeness (QED) is 0.822. The number of benzene rings is 1. The Hall–Kier alpha value is -1.39. The molecule has 1 aromatic rings. The third-order valence-electron chi connectivity index (χ3n) is 3.23. The topological polar surface area (TPSA) is 50.4 Å². The van der Waals surface area contributed by atoms with Crippen LogP contribution in [0.5, 0.6) is 0 Å². The molecule has 1 saturated heterocycles. The van der Waals surface area contributed by atoms with Crippen LogP contribution in [0.2, 0.25) is 0 Å². The lowest BCUT2D eigenvalue weighted by Gasteiger charge is -2.09. The van der Waals surface area contributed by atoms with Crippen LogP contribution in [0, 0.1) is 5.92 Å². The minimum Gasteiger partial charge on any atom is -0.381 e. The molecule has 1 aliphatic heterocycles. The number of amides is 1. The molecule has 18 heavy (non-hydrogen) atoms. The lowest BCUT2D eigenvalue weighted by molar-refractivity contribution is 0.0963. The summed E-state index contributed by atoms with van der Waals surface area (Å²) in [4.78, 5) is 11.4. The average Bonchev–Trinajstić information content (AvgIpc) is 2.92. The monoisotopic (exact) mass is 248 g/mol. The number of hydrogen-bond donors (Lipinski definition) is 2. The van der Waals surface area contributed by atoms with Gasteiger partial charge in [-0.1, -0.05) is 12.1 Å². The fourth-order valence-corrected chi connectivity index (χ4v) is 2.08. The zero-order valence-corrected chi connectivity index (χ0v) is 10.7. The summed E-state index contributed by atoms with van der Waals surface area (Å²) in [6, 6.07) is 7.69. The van der Waals surface area contributed by atoms with Gasteiger partial charge >= 0.3 is 0 Å². The largest absolute Gasteiger partial charge is 0.381 e. The summed E-state index contributed by atoms with van der Waals surface area (Å²) >= 11 is 0. The minimum atomic E-state index is -0.0439. The van der Waals surface area contributed by atoms with E-state index in [1.54, 1.807) is 7.05 Å². The first-order chi connectivity index (χ1) is 8.79. The van der Waals surface area contributed by atoms with E-state index >= 15 is 0 Å². The van der Waals surface area contributed by atoms with E-state index in [4.69, 9.17) is 4.74 Å². The van der Waals surface area contributed by atoms with E-state index in [0.29, 0.717) is 11.5 Å². The van der Waals surface area contributed by atoms with Crippen LogP contribution in [0.3, 0.4) is 0 Å². The molecule has 1 atom stereocenters. The first-order valence-corrected chi connectivity index (χ1v) is 6.39. The Balaban J connectivity index is 1.77. The SMILES string of the molecule is CNC(=O)c1ccc(CNCC2CCOC2)cc1. The fourth-order valence-electron chi connectivity index (χ4n) is 2.08.